The molecule has 0 radical (unpaired) electrons. The lowest BCUT2D eigenvalue weighted by molar-refractivity contribution is -0.384. The highest BCUT2D eigenvalue weighted by molar-refractivity contribution is 7.80. The first-order valence-electron chi connectivity index (χ1n) is 13.0. The third-order valence-electron chi connectivity index (χ3n) is 6.88. The summed E-state index contributed by atoms with van der Waals surface area (Å²) in [5.74, 6) is -1.14. The third-order valence-corrected chi connectivity index (χ3v) is 7.17. The van der Waals surface area contributed by atoms with Crippen molar-refractivity contribution in [3.05, 3.63) is 143 Å². The quantitative estimate of drug-likeness (QED) is 0.0821. The van der Waals surface area contributed by atoms with E-state index in [1.54, 1.807) is 42.5 Å². The third kappa shape index (κ3) is 4.89. The maximum absolute atomic E-state index is 13.8. The highest BCUT2D eigenvalue weighted by atomic mass is 32.1. The number of hydrogen-bond donors (Lipinski definition) is 1. The predicted molar refractivity (Wildman–Crippen MR) is 166 cm³/mol. The number of nitro groups is 1. The molecule has 5 aromatic rings. The summed E-state index contributed by atoms with van der Waals surface area (Å²) < 4.78 is 1.98. The van der Waals surface area contributed by atoms with E-state index >= 15 is 0 Å². The number of carbonyl (C=O) groups is 2. The minimum Gasteiger partial charge on any atom is -0.309 e. The van der Waals surface area contributed by atoms with Crippen LogP contribution in [0.4, 0.5) is 11.4 Å². The molecule has 0 atom stereocenters. The number of nitrogens with zero attached hydrogens (tertiary/aromatic N) is 3. The van der Waals surface area contributed by atoms with Crippen molar-refractivity contribution >= 4 is 46.6 Å². The minimum atomic E-state index is -0.597. The van der Waals surface area contributed by atoms with E-state index in [0.717, 1.165) is 16.8 Å². The molecule has 4 aromatic carbocycles. The second-order valence-electron chi connectivity index (χ2n) is 9.47. The number of hydrogen-bond acceptors (Lipinski definition) is 5. The fourth-order valence-electron chi connectivity index (χ4n) is 4.97. The zero-order valence-corrected chi connectivity index (χ0v) is 22.8. The van der Waals surface area contributed by atoms with Gasteiger partial charge in [0.25, 0.3) is 17.5 Å². The van der Waals surface area contributed by atoms with Gasteiger partial charge in [0.05, 0.1) is 22.0 Å². The second-order valence-corrected chi connectivity index (χ2v) is 9.85. The lowest BCUT2D eigenvalue weighted by Gasteiger charge is -2.28. The van der Waals surface area contributed by atoms with Gasteiger partial charge in [-0.25, -0.2) is 0 Å². The number of thiocarbonyl (C=S) groups is 1. The van der Waals surface area contributed by atoms with Crippen molar-refractivity contribution in [2.45, 2.75) is 0 Å². The maximum Gasteiger partial charge on any atom is 0.270 e. The molecule has 204 valence electrons. The number of aromatic nitrogens is 1. The van der Waals surface area contributed by atoms with E-state index < -0.39 is 16.7 Å². The Labute approximate surface area is 246 Å². The Bertz CT molecular complexity index is 1870. The van der Waals surface area contributed by atoms with Crippen LogP contribution in [0.3, 0.4) is 0 Å². The predicted octanol–water partition coefficient (Wildman–Crippen LogP) is 6.55. The molecule has 0 spiro atoms. The van der Waals surface area contributed by atoms with Crippen molar-refractivity contribution in [1.29, 1.82) is 0 Å². The Morgan fingerprint density at radius 1 is 0.738 bits per heavy atom. The van der Waals surface area contributed by atoms with Crippen molar-refractivity contribution in [2.24, 2.45) is 0 Å². The monoisotopic (exact) mass is 570 g/mol. The van der Waals surface area contributed by atoms with Crippen molar-refractivity contribution in [3.63, 3.8) is 0 Å². The molecular weight excluding hydrogens is 548 g/mol. The van der Waals surface area contributed by atoms with Crippen LogP contribution >= 0.6 is 12.2 Å². The zero-order chi connectivity index (χ0) is 29.2. The number of nitro benzene ring substituents is 1. The van der Waals surface area contributed by atoms with Crippen LogP contribution in [0.15, 0.2) is 127 Å². The van der Waals surface area contributed by atoms with E-state index in [0.29, 0.717) is 22.6 Å². The summed E-state index contributed by atoms with van der Waals surface area (Å²) >= 11 is 5.36. The van der Waals surface area contributed by atoms with Crippen LogP contribution in [-0.4, -0.2) is 26.4 Å². The number of carbonyl (C=O) groups excluding carboxylic acids is 2. The summed E-state index contributed by atoms with van der Waals surface area (Å²) in [6.07, 6.45) is 1.58. The molecule has 42 heavy (non-hydrogen) atoms. The molecule has 2 amide bonds. The van der Waals surface area contributed by atoms with Gasteiger partial charge in [0.15, 0.2) is 5.11 Å². The largest absolute Gasteiger partial charge is 0.309 e. The number of nitrogens with one attached hydrogen (secondary N) is 1. The van der Waals surface area contributed by atoms with Crippen LogP contribution in [0.25, 0.3) is 34.3 Å². The first kappa shape index (κ1) is 26.5. The van der Waals surface area contributed by atoms with Crippen LogP contribution in [0.2, 0.25) is 0 Å². The van der Waals surface area contributed by atoms with Gasteiger partial charge in [-0.2, -0.15) is 0 Å². The van der Waals surface area contributed by atoms with Gasteiger partial charge in [0, 0.05) is 23.4 Å². The molecule has 1 fully saturated rings. The number of anilines is 1. The topological polar surface area (TPSA) is 97.5 Å². The fraction of sp³-hybridized carbons (Fsp3) is 0. The Kier molecular flexibility index (Phi) is 7.00. The second kappa shape index (κ2) is 11.1. The number of rotatable bonds is 6. The van der Waals surface area contributed by atoms with Crippen molar-refractivity contribution < 1.29 is 14.5 Å². The first-order chi connectivity index (χ1) is 20.4. The Hall–Kier alpha value is -5.67. The molecule has 0 unspecified atom stereocenters. The van der Waals surface area contributed by atoms with Crippen molar-refractivity contribution in [3.8, 4) is 28.2 Å². The van der Waals surface area contributed by atoms with Gasteiger partial charge in [0.2, 0.25) is 0 Å². The van der Waals surface area contributed by atoms with Crippen LogP contribution in [-0.2, 0) is 9.59 Å². The van der Waals surface area contributed by atoms with E-state index in [4.69, 9.17) is 12.2 Å². The van der Waals surface area contributed by atoms with E-state index in [1.807, 2.05) is 77.4 Å². The molecule has 0 saturated carbocycles. The average molecular weight is 571 g/mol. The van der Waals surface area contributed by atoms with Gasteiger partial charge in [-0.3, -0.25) is 29.9 Å². The molecule has 1 aliphatic rings. The maximum atomic E-state index is 13.8. The van der Waals surface area contributed by atoms with Gasteiger partial charge >= 0.3 is 0 Å². The molecule has 1 saturated heterocycles. The Balaban J connectivity index is 1.60. The molecule has 1 N–H and O–H groups in total. The SMILES string of the molecule is O=C1NC(=S)N(c2ccccc2)C(=O)C1=Cc1cc(-c2ccccc2)n(-c2ccc([N+](=O)[O-])cc2)c1-c1ccccc1. The fourth-order valence-corrected chi connectivity index (χ4v) is 5.25. The number of para-hydroxylation sites is 1. The normalized spacial score (nSPS) is 14.2. The first-order valence-corrected chi connectivity index (χ1v) is 13.4. The molecule has 2 heterocycles. The van der Waals surface area contributed by atoms with Crippen molar-refractivity contribution in [2.75, 3.05) is 4.90 Å². The van der Waals surface area contributed by atoms with Gasteiger partial charge in [0.1, 0.15) is 5.57 Å². The summed E-state index contributed by atoms with van der Waals surface area (Å²) in [5, 5.41) is 14.0. The Morgan fingerprint density at radius 2 is 1.31 bits per heavy atom. The van der Waals surface area contributed by atoms with Gasteiger partial charge in [-0.1, -0.05) is 78.9 Å². The summed E-state index contributed by atoms with van der Waals surface area (Å²) in [5.41, 5.74) is 4.89. The molecule has 1 aliphatic heterocycles. The molecule has 0 aliphatic carbocycles. The lowest BCUT2D eigenvalue weighted by Crippen LogP contribution is -2.54. The van der Waals surface area contributed by atoms with E-state index in [2.05, 4.69) is 5.32 Å². The van der Waals surface area contributed by atoms with Crippen LogP contribution < -0.4 is 10.2 Å². The summed E-state index contributed by atoms with van der Waals surface area (Å²) in [6.45, 7) is 0. The Morgan fingerprint density at radius 3 is 1.90 bits per heavy atom. The number of non-ortho nitro benzene ring substituents is 1. The minimum absolute atomic E-state index is 0.00468. The lowest BCUT2D eigenvalue weighted by atomic mass is 10.0. The standard InChI is InChI=1S/C33H22N4O4S/c38-31-28(32(39)36(33(42)34-31)25-14-8-3-9-15-25)20-24-21-29(22-10-4-1-5-11-22)35(30(24)23-12-6-2-7-13-23)26-16-18-27(19-17-26)37(40)41/h1-21H,(H,34,38,42). The van der Waals surface area contributed by atoms with Crippen molar-refractivity contribution in [1.82, 2.24) is 9.88 Å². The summed E-state index contributed by atoms with van der Waals surface area (Å²) in [4.78, 5) is 39.2. The van der Waals surface area contributed by atoms with Gasteiger partial charge in [-0.15, -0.1) is 0 Å². The van der Waals surface area contributed by atoms with Gasteiger partial charge < -0.3 is 4.57 Å². The van der Waals surface area contributed by atoms with Gasteiger partial charge in [-0.05, 0) is 59.8 Å². The molecule has 0 bridgehead atoms. The molecule has 1 aromatic heterocycles. The van der Waals surface area contributed by atoms with Crippen LogP contribution in [0.1, 0.15) is 5.56 Å². The molecule has 9 heteroatoms. The molecule has 8 nitrogen and oxygen atoms in total. The number of benzene rings is 4. The smallest absolute Gasteiger partial charge is 0.270 e. The summed E-state index contributed by atoms with van der Waals surface area (Å²) in [6, 6.07) is 36.3. The van der Waals surface area contributed by atoms with Crippen LogP contribution in [0.5, 0.6) is 0 Å². The molecule has 6 rings (SSSR count). The zero-order valence-electron chi connectivity index (χ0n) is 22.0. The molecular formula is C33H22N4O4S. The highest BCUT2D eigenvalue weighted by Gasteiger charge is 2.35. The van der Waals surface area contributed by atoms with Crippen LogP contribution in [0, 0.1) is 10.1 Å². The number of amides is 2. The van der Waals surface area contributed by atoms with E-state index in [9.17, 15) is 19.7 Å². The van der Waals surface area contributed by atoms with E-state index in [-0.39, 0.29) is 16.4 Å². The van der Waals surface area contributed by atoms with E-state index in [1.165, 1.54) is 17.0 Å². The average Bonchev–Trinajstić information content (AvgIpc) is 3.40. The summed E-state index contributed by atoms with van der Waals surface area (Å²) in [7, 11) is 0. The highest BCUT2D eigenvalue weighted by Crippen LogP contribution is 2.38.